The number of carbonyl (C=O) groups is 1. The highest BCUT2D eigenvalue weighted by Crippen LogP contribution is 2.34. The summed E-state index contributed by atoms with van der Waals surface area (Å²) >= 11 is 0. The maximum Gasteiger partial charge on any atom is 0.225 e. The fraction of sp³-hybridized carbons (Fsp3) is 0.292. The maximum absolute atomic E-state index is 12.5. The number of likely N-dealkylation sites (tertiary alicyclic amines) is 1. The Bertz CT molecular complexity index is 944. The molecule has 1 amide bonds. The second-order valence-corrected chi connectivity index (χ2v) is 7.89. The maximum atomic E-state index is 12.5. The molecule has 0 aliphatic carbocycles. The molecule has 3 heterocycles. The van der Waals surface area contributed by atoms with Gasteiger partial charge in [0.05, 0.1) is 11.1 Å². The van der Waals surface area contributed by atoms with Gasteiger partial charge in [-0.15, -0.1) is 0 Å². The molecule has 1 saturated heterocycles. The molecule has 3 aromatic rings. The molecule has 4 rings (SSSR count). The van der Waals surface area contributed by atoms with E-state index in [9.17, 15) is 4.79 Å². The Kier molecular flexibility index (Phi) is 5.67. The lowest BCUT2D eigenvalue weighted by Gasteiger charge is -2.40. The van der Waals surface area contributed by atoms with E-state index in [1.54, 1.807) is 12.4 Å². The highest BCUT2D eigenvalue weighted by molar-refractivity contribution is 5.81. The van der Waals surface area contributed by atoms with Gasteiger partial charge in [-0.1, -0.05) is 30.3 Å². The molecule has 5 heteroatoms. The summed E-state index contributed by atoms with van der Waals surface area (Å²) in [5.74, 6) is -0.207. The molecular weight excluding hydrogens is 360 g/mol. The van der Waals surface area contributed by atoms with E-state index < -0.39 is 5.41 Å². The zero-order valence-electron chi connectivity index (χ0n) is 16.5. The van der Waals surface area contributed by atoms with Crippen molar-refractivity contribution < 1.29 is 4.79 Å². The fourth-order valence-corrected chi connectivity index (χ4v) is 4.27. The number of pyridine rings is 2. The van der Waals surface area contributed by atoms with Gasteiger partial charge >= 0.3 is 0 Å². The summed E-state index contributed by atoms with van der Waals surface area (Å²) in [5.41, 5.74) is 9.84. The van der Waals surface area contributed by atoms with Crippen LogP contribution < -0.4 is 5.73 Å². The Labute approximate surface area is 171 Å². The van der Waals surface area contributed by atoms with Crippen LogP contribution in [0.25, 0.3) is 11.1 Å². The lowest BCUT2D eigenvalue weighted by Crippen LogP contribution is -2.51. The summed E-state index contributed by atoms with van der Waals surface area (Å²) in [7, 11) is 0. The Balaban J connectivity index is 1.50. The molecular formula is C24H26N4O. The first-order chi connectivity index (χ1) is 14.1. The van der Waals surface area contributed by atoms with Crippen LogP contribution in [0.2, 0.25) is 0 Å². The van der Waals surface area contributed by atoms with Gasteiger partial charge in [-0.2, -0.15) is 0 Å². The van der Waals surface area contributed by atoms with Gasteiger partial charge < -0.3 is 5.73 Å². The van der Waals surface area contributed by atoms with Crippen molar-refractivity contribution >= 4 is 5.91 Å². The van der Waals surface area contributed by atoms with Crippen molar-refractivity contribution in [3.63, 3.8) is 0 Å². The first-order valence-corrected chi connectivity index (χ1v) is 10.1. The van der Waals surface area contributed by atoms with Crippen LogP contribution in [-0.4, -0.2) is 33.9 Å². The average molecular weight is 386 g/mol. The van der Waals surface area contributed by atoms with E-state index in [1.807, 2.05) is 36.5 Å². The summed E-state index contributed by atoms with van der Waals surface area (Å²) in [5, 5.41) is 0. The van der Waals surface area contributed by atoms with Crippen LogP contribution in [0.5, 0.6) is 0 Å². The predicted molar refractivity (Wildman–Crippen MR) is 114 cm³/mol. The molecule has 0 bridgehead atoms. The molecule has 0 saturated carbocycles. The van der Waals surface area contributed by atoms with Gasteiger partial charge in [-0.05, 0) is 66.8 Å². The molecule has 5 nitrogen and oxygen atoms in total. The zero-order chi connectivity index (χ0) is 20.1. The third-order valence-electron chi connectivity index (χ3n) is 5.80. The lowest BCUT2D eigenvalue weighted by molar-refractivity contribution is -0.131. The van der Waals surface area contributed by atoms with Gasteiger partial charge in [0.1, 0.15) is 0 Å². The van der Waals surface area contributed by atoms with Crippen LogP contribution in [-0.2, 0) is 17.8 Å². The normalized spacial score (nSPS) is 19.7. The minimum atomic E-state index is -0.536. The number of benzene rings is 1. The van der Waals surface area contributed by atoms with Gasteiger partial charge in [0.15, 0.2) is 0 Å². The number of aromatic nitrogens is 2. The highest BCUT2D eigenvalue weighted by atomic mass is 16.1. The fourth-order valence-electron chi connectivity index (χ4n) is 4.27. The number of amides is 1. The molecule has 1 fully saturated rings. The van der Waals surface area contributed by atoms with E-state index in [1.165, 1.54) is 0 Å². The first-order valence-electron chi connectivity index (χ1n) is 10.1. The largest absolute Gasteiger partial charge is 0.369 e. The molecule has 29 heavy (non-hydrogen) atoms. The SMILES string of the molecule is NC(=O)C1(Cc2ccc(-c3ccncc3)cc2)CCCN(Cc2ccccn2)C1. The molecule has 0 radical (unpaired) electrons. The van der Waals surface area contributed by atoms with Crippen LogP contribution in [0, 0.1) is 5.41 Å². The Hall–Kier alpha value is -3.05. The highest BCUT2D eigenvalue weighted by Gasteiger charge is 2.40. The Morgan fingerprint density at radius 2 is 1.76 bits per heavy atom. The van der Waals surface area contributed by atoms with Crippen LogP contribution in [0.1, 0.15) is 24.1 Å². The predicted octanol–water partition coefficient (Wildman–Crippen LogP) is 3.45. The van der Waals surface area contributed by atoms with Gasteiger partial charge in [-0.3, -0.25) is 19.7 Å². The van der Waals surface area contributed by atoms with E-state index in [0.717, 1.165) is 48.3 Å². The van der Waals surface area contributed by atoms with E-state index in [-0.39, 0.29) is 5.91 Å². The zero-order valence-corrected chi connectivity index (χ0v) is 16.5. The second-order valence-electron chi connectivity index (χ2n) is 7.89. The molecule has 148 valence electrons. The number of rotatable bonds is 6. The van der Waals surface area contributed by atoms with Gasteiger partial charge in [0, 0.05) is 31.7 Å². The van der Waals surface area contributed by atoms with Crippen molar-refractivity contribution in [2.75, 3.05) is 13.1 Å². The lowest BCUT2D eigenvalue weighted by atomic mass is 9.74. The van der Waals surface area contributed by atoms with Crippen molar-refractivity contribution in [2.45, 2.75) is 25.8 Å². The molecule has 1 unspecified atom stereocenters. The van der Waals surface area contributed by atoms with E-state index in [0.29, 0.717) is 13.0 Å². The Morgan fingerprint density at radius 1 is 1.00 bits per heavy atom. The molecule has 1 aliphatic rings. The number of hydrogen-bond acceptors (Lipinski definition) is 4. The standard InChI is InChI=1S/C24H26N4O/c25-23(29)24(11-3-15-28(18-24)17-22-4-1-2-12-27-22)16-19-5-7-20(8-6-19)21-9-13-26-14-10-21/h1-2,4-10,12-14H,3,11,15-18H2,(H2,25,29). The van der Waals surface area contributed by atoms with Crippen molar-refractivity contribution in [3.05, 3.63) is 84.4 Å². The summed E-state index contributed by atoms with van der Waals surface area (Å²) in [6.07, 6.45) is 7.85. The second kappa shape index (κ2) is 8.53. The first kappa shape index (κ1) is 19.3. The minimum absolute atomic E-state index is 0.207. The summed E-state index contributed by atoms with van der Waals surface area (Å²) < 4.78 is 0. The van der Waals surface area contributed by atoms with E-state index >= 15 is 0 Å². The average Bonchev–Trinajstić information content (AvgIpc) is 2.76. The topological polar surface area (TPSA) is 72.1 Å². The third kappa shape index (κ3) is 4.51. The smallest absolute Gasteiger partial charge is 0.225 e. The van der Waals surface area contributed by atoms with Crippen LogP contribution >= 0.6 is 0 Å². The molecule has 2 aromatic heterocycles. The van der Waals surface area contributed by atoms with Crippen molar-refractivity contribution in [1.82, 2.24) is 14.9 Å². The quantitative estimate of drug-likeness (QED) is 0.704. The number of hydrogen-bond donors (Lipinski definition) is 1. The van der Waals surface area contributed by atoms with Crippen LogP contribution in [0.15, 0.2) is 73.2 Å². The number of piperidine rings is 1. The van der Waals surface area contributed by atoms with Gasteiger partial charge in [-0.25, -0.2) is 0 Å². The molecule has 1 atom stereocenters. The van der Waals surface area contributed by atoms with Gasteiger partial charge in [0.2, 0.25) is 5.91 Å². The number of carbonyl (C=O) groups excluding carboxylic acids is 1. The Morgan fingerprint density at radius 3 is 2.45 bits per heavy atom. The molecule has 2 N–H and O–H groups in total. The number of nitrogens with two attached hydrogens (primary N) is 1. The summed E-state index contributed by atoms with van der Waals surface area (Å²) in [6.45, 7) is 2.38. The number of nitrogens with zero attached hydrogens (tertiary/aromatic N) is 3. The van der Waals surface area contributed by atoms with Crippen molar-refractivity contribution in [3.8, 4) is 11.1 Å². The summed E-state index contributed by atoms with van der Waals surface area (Å²) in [4.78, 5) is 23.3. The monoisotopic (exact) mass is 386 g/mol. The number of primary amides is 1. The third-order valence-corrected chi connectivity index (χ3v) is 5.80. The van der Waals surface area contributed by atoms with Crippen LogP contribution in [0.3, 0.4) is 0 Å². The van der Waals surface area contributed by atoms with Crippen molar-refractivity contribution in [2.24, 2.45) is 11.1 Å². The molecule has 1 aromatic carbocycles. The van der Waals surface area contributed by atoms with Crippen LogP contribution in [0.4, 0.5) is 0 Å². The summed E-state index contributed by atoms with van der Waals surface area (Å²) in [6, 6.07) is 18.4. The minimum Gasteiger partial charge on any atom is -0.369 e. The van der Waals surface area contributed by atoms with E-state index in [4.69, 9.17) is 5.73 Å². The molecule has 1 aliphatic heterocycles. The van der Waals surface area contributed by atoms with Gasteiger partial charge in [0.25, 0.3) is 0 Å². The molecule has 0 spiro atoms. The van der Waals surface area contributed by atoms with Crippen molar-refractivity contribution in [1.29, 1.82) is 0 Å². The van der Waals surface area contributed by atoms with E-state index in [2.05, 4.69) is 39.1 Å².